The van der Waals surface area contributed by atoms with Crippen LogP contribution < -0.4 is 16.4 Å². The van der Waals surface area contributed by atoms with Gasteiger partial charge in [0.05, 0.1) is 0 Å². The van der Waals surface area contributed by atoms with Crippen LogP contribution in [0.3, 0.4) is 0 Å². The van der Waals surface area contributed by atoms with Crippen LogP contribution in [0.2, 0.25) is 0 Å². The number of rotatable bonds is 5. The summed E-state index contributed by atoms with van der Waals surface area (Å²) >= 11 is 0. The van der Waals surface area contributed by atoms with E-state index >= 15 is 0 Å². The highest BCUT2D eigenvalue weighted by molar-refractivity contribution is 5.93. The van der Waals surface area contributed by atoms with E-state index in [1.54, 1.807) is 6.07 Å². The summed E-state index contributed by atoms with van der Waals surface area (Å²) in [6.07, 6.45) is 6.77. The molecule has 1 fully saturated rings. The Morgan fingerprint density at radius 2 is 1.89 bits per heavy atom. The molecular weight excluding hydrogens is 336 g/mol. The highest BCUT2D eigenvalue weighted by Crippen LogP contribution is 2.28. The molecule has 1 amide bonds. The van der Waals surface area contributed by atoms with E-state index in [9.17, 15) is 4.79 Å². The van der Waals surface area contributed by atoms with Gasteiger partial charge in [-0.15, -0.1) is 0 Å². The van der Waals surface area contributed by atoms with Gasteiger partial charge in [0.15, 0.2) is 0 Å². The van der Waals surface area contributed by atoms with Crippen LogP contribution in [0, 0.1) is 0 Å². The smallest absolute Gasteiger partial charge is 0.248 e. The molecule has 27 heavy (non-hydrogen) atoms. The number of piperidine rings is 1. The molecule has 2 aromatic carbocycles. The highest BCUT2D eigenvalue weighted by Gasteiger charge is 2.16. The second kappa shape index (κ2) is 7.84. The Morgan fingerprint density at radius 3 is 2.63 bits per heavy atom. The number of hydrogen-bond acceptors (Lipinski definition) is 4. The number of benzene rings is 2. The van der Waals surface area contributed by atoms with Crippen molar-refractivity contribution in [3.63, 3.8) is 0 Å². The molecule has 5 heteroatoms. The maximum Gasteiger partial charge on any atom is 0.248 e. The van der Waals surface area contributed by atoms with Crippen LogP contribution in [-0.4, -0.2) is 23.9 Å². The fourth-order valence-corrected chi connectivity index (χ4v) is 3.78. The quantitative estimate of drug-likeness (QED) is 0.759. The average Bonchev–Trinajstić information content (AvgIpc) is 3.10. The van der Waals surface area contributed by atoms with Gasteiger partial charge in [-0.05, 0) is 67.4 Å². The van der Waals surface area contributed by atoms with Gasteiger partial charge in [-0.1, -0.05) is 18.6 Å². The van der Waals surface area contributed by atoms with Crippen molar-refractivity contribution >= 4 is 17.3 Å². The molecular formula is C22H26N4O. The summed E-state index contributed by atoms with van der Waals surface area (Å²) in [6.45, 7) is 3.48. The first-order chi connectivity index (χ1) is 13.2. The molecule has 2 aromatic rings. The molecule has 0 unspecified atom stereocenters. The summed E-state index contributed by atoms with van der Waals surface area (Å²) in [5, 5.41) is 6.74. The molecule has 2 aliphatic heterocycles. The third-order valence-corrected chi connectivity index (χ3v) is 5.29. The summed E-state index contributed by atoms with van der Waals surface area (Å²) in [5.41, 5.74) is 11.5. The van der Waals surface area contributed by atoms with Crippen LogP contribution in [0.5, 0.6) is 0 Å². The number of fused-ring (bicyclic) bond motifs is 1. The summed E-state index contributed by atoms with van der Waals surface area (Å²) in [6, 6.07) is 14.2. The van der Waals surface area contributed by atoms with Gasteiger partial charge in [0.2, 0.25) is 5.91 Å². The standard InChI is InChI=1S/C22H26N4O/c23-22(27)17-6-9-21-18(12-17)13-20(25-21)14-24-19-7-4-16(5-8-19)15-26-10-2-1-3-11-26/h4-9,12,14,24-25H,1-3,10-11,13,15H2,(H2,23,27). The second-order valence-electron chi connectivity index (χ2n) is 7.39. The summed E-state index contributed by atoms with van der Waals surface area (Å²) in [7, 11) is 0. The third kappa shape index (κ3) is 4.31. The zero-order valence-corrected chi connectivity index (χ0v) is 15.5. The zero-order chi connectivity index (χ0) is 18.6. The van der Waals surface area contributed by atoms with Gasteiger partial charge >= 0.3 is 0 Å². The Hall–Kier alpha value is -2.79. The Morgan fingerprint density at radius 1 is 1.11 bits per heavy atom. The van der Waals surface area contributed by atoms with Crippen LogP contribution in [-0.2, 0) is 13.0 Å². The molecule has 0 atom stereocenters. The minimum absolute atomic E-state index is 0.391. The maximum absolute atomic E-state index is 11.3. The fourth-order valence-electron chi connectivity index (χ4n) is 3.78. The Labute approximate surface area is 160 Å². The van der Waals surface area contributed by atoms with E-state index in [1.807, 2.05) is 18.3 Å². The van der Waals surface area contributed by atoms with E-state index in [2.05, 4.69) is 39.8 Å². The molecule has 1 saturated heterocycles. The Bertz CT molecular complexity index is 851. The lowest BCUT2D eigenvalue weighted by Gasteiger charge is -2.26. The van der Waals surface area contributed by atoms with Crippen LogP contribution in [0.15, 0.2) is 54.4 Å². The van der Waals surface area contributed by atoms with Crippen LogP contribution in [0.1, 0.15) is 40.7 Å². The minimum Gasteiger partial charge on any atom is -0.366 e. The van der Waals surface area contributed by atoms with Crippen molar-refractivity contribution < 1.29 is 4.79 Å². The molecule has 0 aromatic heterocycles. The Kier molecular flexibility index (Phi) is 5.12. The first-order valence-electron chi connectivity index (χ1n) is 9.64. The van der Waals surface area contributed by atoms with E-state index in [4.69, 9.17) is 5.73 Å². The normalized spacial score (nSPS) is 18.1. The molecule has 0 bridgehead atoms. The predicted molar refractivity (Wildman–Crippen MR) is 110 cm³/mol. The van der Waals surface area contributed by atoms with Crippen molar-refractivity contribution in [1.82, 2.24) is 4.90 Å². The molecule has 140 valence electrons. The summed E-state index contributed by atoms with van der Waals surface area (Å²) < 4.78 is 0. The zero-order valence-electron chi connectivity index (χ0n) is 15.5. The SMILES string of the molecule is NC(=O)c1ccc2c(c1)CC(=CNc1ccc(CN3CCCCC3)cc1)N2. The fraction of sp³-hybridized carbons (Fsp3) is 0.318. The molecule has 0 spiro atoms. The molecule has 0 saturated carbocycles. The number of primary amides is 1. The average molecular weight is 362 g/mol. The highest BCUT2D eigenvalue weighted by atomic mass is 16.1. The van der Waals surface area contributed by atoms with Gasteiger partial charge < -0.3 is 16.4 Å². The van der Waals surface area contributed by atoms with Crippen molar-refractivity contribution in [2.45, 2.75) is 32.2 Å². The number of nitrogens with two attached hydrogens (primary N) is 1. The molecule has 0 aliphatic carbocycles. The number of nitrogens with one attached hydrogen (secondary N) is 2. The summed E-state index contributed by atoms with van der Waals surface area (Å²) in [5.74, 6) is -0.391. The molecule has 2 aliphatic rings. The van der Waals surface area contributed by atoms with Crippen molar-refractivity contribution in [1.29, 1.82) is 0 Å². The lowest BCUT2D eigenvalue weighted by Crippen LogP contribution is -2.29. The Balaban J connectivity index is 1.35. The number of likely N-dealkylation sites (tertiary alicyclic amines) is 1. The van der Waals surface area contributed by atoms with E-state index in [0.29, 0.717) is 5.56 Å². The van der Waals surface area contributed by atoms with Crippen molar-refractivity contribution in [3.05, 3.63) is 71.1 Å². The van der Waals surface area contributed by atoms with E-state index < -0.39 is 5.91 Å². The molecule has 2 heterocycles. The van der Waals surface area contributed by atoms with E-state index in [-0.39, 0.29) is 0 Å². The number of carbonyl (C=O) groups is 1. The number of allylic oxidation sites excluding steroid dienone is 1. The lowest BCUT2D eigenvalue weighted by molar-refractivity contribution is 0.1000. The topological polar surface area (TPSA) is 70.4 Å². The van der Waals surface area contributed by atoms with Gasteiger partial charge in [-0.2, -0.15) is 0 Å². The van der Waals surface area contributed by atoms with Crippen LogP contribution >= 0.6 is 0 Å². The maximum atomic E-state index is 11.3. The predicted octanol–water partition coefficient (Wildman–Crippen LogP) is 3.69. The minimum atomic E-state index is -0.391. The van der Waals surface area contributed by atoms with Gasteiger partial charge in [0.1, 0.15) is 0 Å². The number of anilines is 2. The van der Waals surface area contributed by atoms with Gasteiger partial charge in [0.25, 0.3) is 0 Å². The number of nitrogens with zero attached hydrogens (tertiary/aromatic N) is 1. The third-order valence-electron chi connectivity index (χ3n) is 5.29. The molecule has 4 N–H and O–H groups in total. The number of hydrogen-bond donors (Lipinski definition) is 3. The summed E-state index contributed by atoms with van der Waals surface area (Å²) in [4.78, 5) is 13.9. The van der Waals surface area contributed by atoms with Crippen molar-refractivity contribution in [3.8, 4) is 0 Å². The van der Waals surface area contributed by atoms with E-state index in [0.717, 1.165) is 35.6 Å². The first kappa shape index (κ1) is 17.6. The van der Waals surface area contributed by atoms with Gasteiger partial charge in [0, 0.05) is 41.8 Å². The van der Waals surface area contributed by atoms with Crippen LogP contribution in [0.25, 0.3) is 0 Å². The molecule has 5 nitrogen and oxygen atoms in total. The van der Waals surface area contributed by atoms with Gasteiger partial charge in [-0.3, -0.25) is 9.69 Å². The first-order valence-corrected chi connectivity index (χ1v) is 9.64. The number of amides is 1. The number of carbonyl (C=O) groups excluding carboxylic acids is 1. The monoisotopic (exact) mass is 362 g/mol. The van der Waals surface area contributed by atoms with Gasteiger partial charge in [-0.25, -0.2) is 0 Å². The second-order valence-corrected chi connectivity index (χ2v) is 7.39. The van der Waals surface area contributed by atoms with Crippen molar-refractivity contribution in [2.75, 3.05) is 23.7 Å². The van der Waals surface area contributed by atoms with Crippen molar-refractivity contribution in [2.24, 2.45) is 5.73 Å². The van der Waals surface area contributed by atoms with E-state index in [1.165, 1.54) is 37.9 Å². The van der Waals surface area contributed by atoms with Crippen LogP contribution in [0.4, 0.5) is 11.4 Å². The lowest BCUT2D eigenvalue weighted by atomic mass is 10.1. The largest absolute Gasteiger partial charge is 0.366 e. The molecule has 0 radical (unpaired) electrons. The molecule has 4 rings (SSSR count).